The average molecular weight is 288 g/mol. The Morgan fingerprint density at radius 2 is 2.00 bits per heavy atom. The Bertz CT molecular complexity index is 703. The van der Waals surface area contributed by atoms with Gasteiger partial charge in [0.05, 0.1) is 11.3 Å². The van der Waals surface area contributed by atoms with Crippen LogP contribution in [0.2, 0.25) is 0 Å². The third kappa shape index (κ3) is 3.40. The van der Waals surface area contributed by atoms with E-state index in [1.807, 2.05) is 0 Å². The highest BCUT2D eigenvalue weighted by atomic mass is 19.1. The quantitative estimate of drug-likeness (QED) is 0.780. The molecular weight excluding hydrogens is 275 g/mol. The fraction of sp³-hybridized carbons (Fsp3) is 0.0714. The Balaban J connectivity index is 2.23. The van der Waals surface area contributed by atoms with Crippen LogP contribution in [0.15, 0.2) is 36.5 Å². The zero-order valence-corrected chi connectivity index (χ0v) is 11.0. The molecule has 0 atom stereocenters. The minimum absolute atomic E-state index is 0.212. The first-order valence-corrected chi connectivity index (χ1v) is 6.07. The number of halogens is 1. The molecule has 6 nitrogen and oxygen atoms in total. The molecule has 7 heteroatoms. The van der Waals surface area contributed by atoms with Crippen molar-refractivity contribution in [3.63, 3.8) is 0 Å². The van der Waals surface area contributed by atoms with E-state index in [0.717, 1.165) is 6.07 Å². The summed E-state index contributed by atoms with van der Waals surface area (Å²) in [6, 6.07) is 6.65. The maximum atomic E-state index is 13.3. The largest absolute Gasteiger partial charge is 0.366 e. The summed E-state index contributed by atoms with van der Waals surface area (Å²) in [7, 11) is 0. The van der Waals surface area contributed by atoms with Crippen LogP contribution in [-0.4, -0.2) is 16.8 Å². The predicted octanol–water partition coefficient (Wildman–Crippen LogP) is 1.03. The maximum Gasteiger partial charge on any atom is 0.255 e. The average Bonchev–Trinajstić information content (AvgIpc) is 2.49. The number of hydrogen-bond donors (Lipinski definition) is 3. The topological polar surface area (TPSA) is 111 Å². The van der Waals surface area contributed by atoms with Crippen molar-refractivity contribution in [1.29, 1.82) is 0 Å². The molecule has 2 rings (SSSR count). The van der Waals surface area contributed by atoms with Gasteiger partial charge in [-0.05, 0) is 30.3 Å². The number of anilines is 1. The predicted molar refractivity (Wildman–Crippen MR) is 75.0 cm³/mol. The molecule has 1 aromatic carbocycles. The van der Waals surface area contributed by atoms with Crippen LogP contribution in [0.3, 0.4) is 0 Å². The lowest BCUT2D eigenvalue weighted by Gasteiger charge is -2.07. The molecule has 0 fully saturated rings. The van der Waals surface area contributed by atoms with E-state index in [0.29, 0.717) is 11.3 Å². The van der Waals surface area contributed by atoms with E-state index < -0.39 is 17.6 Å². The van der Waals surface area contributed by atoms with E-state index >= 15 is 0 Å². The monoisotopic (exact) mass is 288 g/mol. The van der Waals surface area contributed by atoms with Crippen LogP contribution >= 0.6 is 0 Å². The summed E-state index contributed by atoms with van der Waals surface area (Å²) in [5.41, 5.74) is 11.4. The van der Waals surface area contributed by atoms with Gasteiger partial charge in [-0.15, -0.1) is 0 Å². The van der Waals surface area contributed by atoms with Crippen LogP contribution in [0.1, 0.15) is 26.4 Å². The van der Waals surface area contributed by atoms with Gasteiger partial charge in [0, 0.05) is 24.0 Å². The standard InChI is InChI=1S/C14H13FN4O2/c15-12-2-1-9(6-11(12)13(17)20)19-14(21)8-3-4-18-10(5-8)7-16/h1-6H,7,16H2,(H2,17,20)(H,19,21). The van der Waals surface area contributed by atoms with Crippen molar-refractivity contribution in [3.05, 3.63) is 59.2 Å². The number of benzene rings is 1. The fourth-order valence-electron chi connectivity index (χ4n) is 1.73. The second kappa shape index (κ2) is 6.10. The van der Waals surface area contributed by atoms with Crippen molar-refractivity contribution in [2.75, 3.05) is 5.32 Å². The normalized spacial score (nSPS) is 10.2. The number of aromatic nitrogens is 1. The molecule has 108 valence electrons. The second-order valence-electron chi connectivity index (χ2n) is 4.25. The zero-order chi connectivity index (χ0) is 15.4. The molecule has 5 N–H and O–H groups in total. The molecule has 2 amide bonds. The van der Waals surface area contributed by atoms with Crippen molar-refractivity contribution in [2.24, 2.45) is 11.5 Å². The Morgan fingerprint density at radius 1 is 1.24 bits per heavy atom. The Labute approximate surface area is 120 Å². The molecule has 0 bridgehead atoms. The number of rotatable bonds is 4. The van der Waals surface area contributed by atoms with E-state index in [1.165, 1.54) is 24.4 Å². The fourth-order valence-corrected chi connectivity index (χ4v) is 1.73. The number of nitrogens with one attached hydrogen (secondary N) is 1. The van der Waals surface area contributed by atoms with Crippen LogP contribution in [0.25, 0.3) is 0 Å². The molecule has 21 heavy (non-hydrogen) atoms. The lowest BCUT2D eigenvalue weighted by Crippen LogP contribution is -2.16. The number of amides is 2. The Morgan fingerprint density at radius 3 is 2.67 bits per heavy atom. The number of pyridine rings is 1. The zero-order valence-electron chi connectivity index (χ0n) is 11.0. The molecular formula is C14H13FN4O2. The summed E-state index contributed by atoms with van der Waals surface area (Å²) in [6.45, 7) is 0.212. The van der Waals surface area contributed by atoms with Crippen LogP contribution in [-0.2, 0) is 6.54 Å². The molecule has 2 aromatic rings. The number of carbonyl (C=O) groups excluding carboxylic acids is 2. The molecule has 1 aromatic heterocycles. The maximum absolute atomic E-state index is 13.3. The van der Waals surface area contributed by atoms with Crippen molar-refractivity contribution in [2.45, 2.75) is 6.54 Å². The van der Waals surface area contributed by atoms with Gasteiger partial charge in [0.2, 0.25) is 0 Å². The van der Waals surface area contributed by atoms with Crippen molar-refractivity contribution in [1.82, 2.24) is 4.98 Å². The molecule has 0 unspecified atom stereocenters. The van der Waals surface area contributed by atoms with E-state index in [2.05, 4.69) is 10.3 Å². The SMILES string of the molecule is NCc1cc(C(=O)Nc2ccc(F)c(C(N)=O)c2)ccn1. The number of carbonyl (C=O) groups is 2. The third-order valence-electron chi connectivity index (χ3n) is 2.78. The van der Waals surface area contributed by atoms with Crippen molar-refractivity contribution < 1.29 is 14.0 Å². The van der Waals surface area contributed by atoms with E-state index in [4.69, 9.17) is 11.5 Å². The van der Waals surface area contributed by atoms with Gasteiger partial charge in [0.25, 0.3) is 11.8 Å². The van der Waals surface area contributed by atoms with Gasteiger partial charge in [-0.1, -0.05) is 0 Å². The van der Waals surface area contributed by atoms with E-state index in [1.54, 1.807) is 6.07 Å². The summed E-state index contributed by atoms with van der Waals surface area (Å²) in [5, 5.41) is 2.55. The van der Waals surface area contributed by atoms with Crippen LogP contribution in [0.4, 0.5) is 10.1 Å². The second-order valence-corrected chi connectivity index (χ2v) is 4.25. The minimum atomic E-state index is -0.905. The van der Waals surface area contributed by atoms with Gasteiger partial charge < -0.3 is 16.8 Å². The van der Waals surface area contributed by atoms with Crippen LogP contribution < -0.4 is 16.8 Å². The molecule has 0 aliphatic rings. The molecule has 0 spiro atoms. The summed E-state index contributed by atoms with van der Waals surface area (Å²) in [6.07, 6.45) is 1.47. The highest BCUT2D eigenvalue weighted by molar-refractivity contribution is 6.05. The summed E-state index contributed by atoms with van der Waals surface area (Å²) in [4.78, 5) is 27.1. The molecule has 1 heterocycles. The highest BCUT2D eigenvalue weighted by Crippen LogP contribution is 2.15. The van der Waals surface area contributed by atoms with Crippen LogP contribution in [0.5, 0.6) is 0 Å². The van der Waals surface area contributed by atoms with Gasteiger partial charge >= 0.3 is 0 Å². The van der Waals surface area contributed by atoms with Gasteiger partial charge in [0.15, 0.2) is 0 Å². The van der Waals surface area contributed by atoms with E-state index in [9.17, 15) is 14.0 Å². The lowest BCUT2D eigenvalue weighted by atomic mass is 10.1. The van der Waals surface area contributed by atoms with Gasteiger partial charge in [-0.3, -0.25) is 14.6 Å². The van der Waals surface area contributed by atoms with Crippen LogP contribution in [0, 0.1) is 5.82 Å². The summed E-state index contributed by atoms with van der Waals surface area (Å²) < 4.78 is 13.3. The van der Waals surface area contributed by atoms with Crippen molar-refractivity contribution >= 4 is 17.5 Å². The number of nitrogens with zero attached hydrogens (tertiary/aromatic N) is 1. The molecule has 0 aliphatic heterocycles. The Kier molecular flexibility index (Phi) is 4.24. The first-order chi connectivity index (χ1) is 10.0. The van der Waals surface area contributed by atoms with Gasteiger partial charge in [-0.25, -0.2) is 4.39 Å². The first-order valence-electron chi connectivity index (χ1n) is 6.07. The molecule has 0 radical (unpaired) electrons. The Hall–Kier alpha value is -2.80. The number of nitrogens with two attached hydrogens (primary N) is 2. The molecule has 0 saturated heterocycles. The molecule has 0 aliphatic carbocycles. The third-order valence-corrected chi connectivity index (χ3v) is 2.78. The summed E-state index contributed by atoms with van der Waals surface area (Å²) in [5.74, 6) is -2.07. The van der Waals surface area contributed by atoms with Gasteiger partial charge in [-0.2, -0.15) is 0 Å². The van der Waals surface area contributed by atoms with Gasteiger partial charge in [0.1, 0.15) is 5.82 Å². The molecule has 0 saturated carbocycles. The van der Waals surface area contributed by atoms with Crippen molar-refractivity contribution in [3.8, 4) is 0 Å². The minimum Gasteiger partial charge on any atom is -0.366 e. The lowest BCUT2D eigenvalue weighted by molar-refractivity contribution is 0.0992. The number of hydrogen-bond acceptors (Lipinski definition) is 4. The summed E-state index contributed by atoms with van der Waals surface area (Å²) >= 11 is 0. The first kappa shape index (κ1) is 14.6. The number of primary amides is 1. The smallest absolute Gasteiger partial charge is 0.255 e. The van der Waals surface area contributed by atoms with E-state index in [-0.39, 0.29) is 17.8 Å². The highest BCUT2D eigenvalue weighted by Gasteiger charge is 2.12.